The van der Waals surface area contributed by atoms with Crippen molar-refractivity contribution in [3.8, 4) is 11.4 Å². The molecule has 45 heavy (non-hydrogen) atoms. The van der Waals surface area contributed by atoms with Crippen LogP contribution in [0.5, 0.6) is 5.75 Å². The van der Waals surface area contributed by atoms with Crippen molar-refractivity contribution in [3.05, 3.63) is 106 Å². The number of nitrogens with one attached hydrogen (secondary N) is 1. The number of amides is 3. The fourth-order valence-electron chi connectivity index (χ4n) is 5.40. The lowest BCUT2D eigenvalue weighted by molar-refractivity contribution is -0.141. The van der Waals surface area contributed by atoms with Gasteiger partial charge in [-0.05, 0) is 60.9 Å². The molecule has 5 rings (SSSR count). The van der Waals surface area contributed by atoms with Gasteiger partial charge in [0.15, 0.2) is 5.69 Å². The number of carbonyl (C=O) groups is 3. The molecule has 3 amide bonds. The molecule has 0 aliphatic carbocycles. The molecule has 234 valence electrons. The maximum atomic E-state index is 14.3. The number of halogens is 3. The zero-order valence-corrected chi connectivity index (χ0v) is 25.2. The SMILES string of the molecule is CC[C@H](NC(=O)c1cc(OC)ccc1-n1nc(C(F)(F)F)c2c1C(=O)N(c1ccc(C(=O)N(C)C)cc1)CC2)c1ccccc1. The Balaban J connectivity index is 1.60. The van der Waals surface area contributed by atoms with Crippen molar-refractivity contribution in [3.63, 3.8) is 0 Å². The first-order valence-corrected chi connectivity index (χ1v) is 14.3. The van der Waals surface area contributed by atoms with Crippen LogP contribution in [-0.4, -0.2) is 60.2 Å². The van der Waals surface area contributed by atoms with E-state index < -0.39 is 23.7 Å². The number of rotatable bonds is 8. The van der Waals surface area contributed by atoms with Crippen LogP contribution >= 0.6 is 0 Å². The van der Waals surface area contributed by atoms with Gasteiger partial charge < -0.3 is 19.9 Å². The van der Waals surface area contributed by atoms with Crippen LogP contribution in [0, 0.1) is 0 Å². The summed E-state index contributed by atoms with van der Waals surface area (Å²) < 4.78 is 49.1. The fourth-order valence-corrected chi connectivity index (χ4v) is 5.40. The molecular formula is C33H32F3N5O4. The number of fused-ring (bicyclic) bond motifs is 1. The maximum Gasteiger partial charge on any atom is 0.435 e. The molecule has 0 saturated carbocycles. The van der Waals surface area contributed by atoms with Gasteiger partial charge in [-0.2, -0.15) is 18.3 Å². The van der Waals surface area contributed by atoms with E-state index in [1.54, 1.807) is 38.4 Å². The van der Waals surface area contributed by atoms with Gasteiger partial charge >= 0.3 is 6.18 Å². The summed E-state index contributed by atoms with van der Waals surface area (Å²) in [6.07, 6.45) is -4.42. The predicted octanol–water partition coefficient (Wildman–Crippen LogP) is 5.69. The summed E-state index contributed by atoms with van der Waals surface area (Å²) in [6.45, 7) is 1.87. The van der Waals surface area contributed by atoms with E-state index in [0.717, 1.165) is 10.2 Å². The molecule has 1 aromatic heterocycles. The number of aromatic nitrogens is 2. The van der Waals surface area contributed by atoms with Crippen molar-refractivity contribution in [2.24, 2.45) is 0 Å². The summed E-state index contributed by atoms with van der Waals surface area (Å²) in [6, 6.07) is 19.5. The van der Waals surface area contributed by atoms with E-state index in [1.165, 1.54) is 35.1 Å². The number of hydrogen-bond donors (Lipinski definition) is 1. The van der Waals surface area contributed by atoms with Gasteiger partial charge in [-0.25, -0.2) is 4.68 Å². The van der Waals surface area contributed by atoms with Crippen molar-refractivity contribution in [1.82, 2.24) is 20.0 Å². The average Bonchev–Trinajstić information content (AvgIpc) is 3.45. The highest BCUT2D eigenvalue weighted by Gasteiger charge is 2.44. The van der Waals surface area contributed by atoms with Gasteiger partial charge in [0.2, 0.25) is 0 Å². The Kier molecular flexibility index (Phi) is 8.67. The minimum Gasteiger partial charge on any atom is -0.497 e. The Morgan fingerprint density at radius 1 is 1.04 bits per heavy atom. The van der Waals surface area contributed by atoms with Crippen molar-refractivity contribution >= 4 is 23.4 Å². The first-order valence-electron chi connectivity index (χ1n) is 14.3. The Morgan fingerprint density at radius 2 is 1.73 bits per heavy atom. The standard InChI is InChI=1S/C33H32F3N5O4/c1-5-26(20-9-7-6-8-10-20)37-30(42)25-19-23(45-4)15-16-27(25)41-28-24(29(38-41)33(34,35)36)17-18-40(32(28)44)22-13-11-21(12-14-22)31(43)39(2)3/h6-16,19,26H,5,17-18H2,1-4H3,(H,37,42)/t26-/m0/s1. The molecule has 2 heterocycles. The third kappa shape index (κ3) is 6.13. The predicted molar refractivity (Wildman–Crippen MR) is 162 cm³/mol. The van der Waals surface area contributed by atoms with Crippen LogP contribution < -0.4 is 15.0 Å². The Hall–Kier alpha value is -5.13. The summed E-state index contributed by atoms with van der Waals surface area (Å²) in [5.74, 6) is -1.22. The van der Waals surface area contributed by atoms with Gasteiger partial charge in [0.05, 0.1) is 24.4 Å². The second-order valence-electron chi connectivity index (χ2n) is 10.8. The molecule has 1 N–H and O–H groups in total. The zero-order chi connectivity index (χ0) is 32.5. The Morgan fingerprint density at radius 3 is 2.33 bits per heavy atom. The van der Waals surface area contributed by atoms with Crippen molar-refractivity contribution < 1.29 is 32.3 Å². The van der Waals surface area contributed by atoms with Crippen molar-refractivity contribution in [2.75, 3.05) is 32.6 Å². The molecule has 3 aromatic carbocycles. The highest BCUT2D eigenvalue weighted by molar-refractivity contribution is 6.08. The molecule has 9 nitrogen and oxygen atoms in total. The average molecular weight is 620 g/mol. The summed E-state index contributed by atoms with van der Waals surface area (Å²) in [7, 11) is 4.64. The lowest BCUT2D eigenvalue weighted by Gasteiger charge is -2.28. The highest BCUT2D eigenvalue weighted by Crippen LogP contribution is 2.38. The van der Waals surface area contributed by atoms with Gasteiger partial charge in [-0.1, -0.05) is 37.3 Å². The molecule has 0 fully saturated rings. The van der Waals surface area contributed by atoms with Gasteiger partial charge in [0, 0.05) is 37.5 Å². The largest absolute Gasteiger partial charge is 0.497 e. The smallest absolute Gasteiger partial charge is 0.435 e. The van der Waals surface area contributed by atoms with Crippen LogP contribution in [0.2, 0.25) is 0 Å². The number of ether oxygens (including phenoxy) is 1. The van der Waals surface area contributed by atoms with E-state index in [0.29, 0.717) is 23.4 Å². The second-order valence-corrected chi connectivity index (χ2v) is 10.8. The van der Waals surface area contributed by atoms with Crippen LogP contribution in [0.3, 0.4) is 0 Å². The number of alkyl halides is 3. The molecule has 0 spiro atoms. The summed E-state index contributed by atoms with van der Waals surface area (Å²) in [5, 5.41) is 6.86. The normalized spacial score (nSPS) is 13.7. The fraction of sp³-hybridized carbons (Fsp3) is 0.273. The first-order chi connectivity index (χ1) is 21.4. The maximum absolute atomic E-state index is 14.3. The molecule has 4 aromatic rings. The van der Waals surface area contributed by atoms with Crippen LogP contribution in [-0.2, 0) is 12.6 Å². The minimum absolute atomic E-state index is 0.00917. The molecule has 1 atom stereocenters. The first kappa shape index (κ1) is 31.3. The molecule has 1 aliphatic heterocycles. The van der Waals surface area contributed by atoms with E-state index in [2.05, 4.69) is 10.4 Å². The number of anilines is 1. The van der Waals surface area contributed by atoms with E-state index in [9.17, 15) is 27.6 Å². The van der Waals surface area contributed by atoms with Crippen LogP contribution in [0.25, 0.3) is 5.69 Å². The third-order valence-electron chi connectivity index (χ3n) is 7.71. The lowest BCUT2D eigenvalue weighted by atomic mass is 10.0. The quantitative estimate of drug-likeness (QED) is 0.274. The zero-order valence-electron chi connectivity index (χ0n) is 25.2. The van der Waals surface area contributed by atoms with Gasteiger partial charge in [-0.3, -0.25) is 14.4 Å². The number of benzene rings is 3. The topological polar surface area (TPSA) is 96.8 Å². The molecule has 0 bridgehead atoms. The number of hydrogen-bond acceptors (Lipinski definition) is 5. The second kappa shape index (κ2) is 12.5. The number of nitrogens with zero attached hydrogens (tertiary/aromatic N) is 4. The Labute approximate surface area is 258 Å². The molecule has 0 radical (unpaired) electrons. The summed E-state index contributed by atoms with van der Waals surface area (Å²) in [5.41, 5.74) is -0.0912. The molecular weight excluding hydrogens is 587 g/mol. The lowest BCUT2D eigenvalue weighted by Crippen LogP contribution is -2.39. The number of carbonyl (C=O) groups excluding carboxylic acids is 3. The van der Waals surface area contributed by atoms with Crippen molar-refractivity contribution in [2.45, 2.75) is 32.0 Å². The summed E-state index contributed by atoms with van der Waals surface area (Å²) >= 11 is 0. The van der Waals surface area contributed by atoms with E-state index in [4.69, 9.17) is 4.74 Å². The molecule has 12 heteroatoms. The molecule has 0 unspecified atom stereocenters. The van der Waals surface area contributed by atoms with Gasteiger partial charge in [0.1, 0.15) is 11.4 Å². The van der Waals surface area contributed by atoms with Crippen LogP contribution in [0.1, 0.15) is 67.4 Å². The van der Waals surface area contributed by atoms with Gasteiger partial charge in [0.25, 0.3) is 17.7 Å². The minimum atomic E-state index is -4.85. The van der Waals surface area contributed by atoms with Gasteiger partial charge in [-0.15, -0.1) is 0 Å². The Bertz CT molecular complexity index is 1730. The van der Waals surface area contributed by atoms with E-state index >= 15 is 0 Å². The van der Waals surface area contributed by atoms with Crippen molar-refractivity contribution in [1.29, 1.82) is 0 Å². The monoisotopic (exact) mass is 619 g/mol. The molecule has 1 aliphatic rings. The van der Waals surface area contributed by atoms with Crippen LogP contribution in [0.4, 0.5) is 18.9 Å². The highest BCUT2D eigenvalue weighted by atomic mass is 19.4. The number of methoxy groups -OCH3 is 1. The summed E-state index contributed by atoms with van der Waals surface area (Å²) in [4.78, 5) is 42.9. The van der Waals surface area contributed by atoms with E-state index in [-0.39, 0.29) is 47.4 Å². The van der Waals surface area contributed by atoms with E-state index in [1.807, 2.05) is 37.3 Å². The molecule has 0 saturated heterocycles. The van der Waals surface area contributed by atoms with Crippen LogP contribution in [0.15, 0.2) is 72.8 Å². The third-order valence-corrected chi connectivity index (χ3v) is 7.71.